The normalized spacial score (nSPS) is 18.4. The highest BCUT2D eigenvalue weighted by Crippen LogP contribution is 2.59. The fourth-order valence-electron chi connectivity index (χ4n) is 6.31. The number of rotatable bonds is 8. The second-order valence-corrected chi connectivity index (χ2v) is 13.9. The molecule has 2 fully saturated rings. The number of nitrogens with zero attached hydrogens (tertiary/aromatic N) is 2. The molecule has 3 N–H and O–H groups in total. The Labute approximate surface area is 230 Å². The number of aromatic amines is 1. The van der Waals surface area contributed by atoms with E-state index < -0.39 is 7.92 Å². The van der Waals surface area contributed by atoms with Crippen LogP contribution >= 0.6 is 7.92 Å². The van der Waals surface area contributed by atoms with Crippen LogP contribution in [-0.4, -0.2) is 27.0 Å². The third-order valence-corrected chi connectivity index (χ3v) is 11.8. The molecule has 0 aliphatic heterocycles. The Morgan fingerprint density at radius 3 is 1.87 bits per heavy atom. The van der Waals surface area contributed by atoms with Crippen LogP contribution in [0.4, 0.5) is 5.69 Å². The van der Waals surface area contributed by atoms with Crippen LogP contribution in [0.2, 0.25) is 0 Å². The molecule has 0 radical (unpaired) electrons. The first kappa shape index (κ1) is 26.9. The number of hydrogen-bond acceptors (Lipinski definition) is 3. The van der Waals surface area contributed by atoms with Crippen molar-refractivity contribution in [3.8, 4) is 22.5 Å². The molecule has 0 unspecified atom stereocenters. The Bertz CT molecular complexity index is 1140. The van der Waals surface area contributed by atoms with Gasteiger partial charge >= 0.3 is 0 Å². The summed E-state index contributed by atoms with van der Waals surface area (Å²) in [5.74, 6) is 0.322. The highest BCUT2D eigenvalue weighted by molar-refractivity contribution is 7.77. The largest absolute Gasteiger partial charge is 0.404 e. The first-order valence-electron chi connectivity index (χ1n) is 14.7. The van der Waals surface area contributed by atoms with Crippen LogP contribution in [-0.2, 0) is 0 Å². The van der Waals surface area contributed by atoms with Gasteiger partial charge in [0.15, 0.2) is 0 Å². The molecule has 0 atom stereocenters. The number of aromatic nitrogens is 2. The molecule has 0 bridgehead atoms. The summed E-state index contributed by atoms with van der Waals surface area (Å²) in [4.78, 5) is 5.72. The molecule has 2 aliphatic carbocycles. The first-order valence-corrected chi connectivity index (χ1v) is 16.1. The number of benzene rings is 2. The monoisotopic (exact) mass is 526 g/mol. The molecule has 1 aromatic heterocycles. The molecule has 0 amide bonds. The van der Waals surface area contributed by atoms with Crippen molar-refractivity contribution in [2.45, 2.75) is 89.4 Å². The Morgan fingerprint density at radius 2 is 1.37 bits per heavy atom. The summed E-state index contributed by atoms with van der Waals surface area (Å²) in [7, 11) is -0.445. The van der Waals surface area contributed by atoms with E-state index in [2.05, 4.69) is 79.6 Å². The van der Waals surface area contributed by atoms with Gasteiger partial charge in [-0.1, -0.05) is 113 Å². The third kappa shape index (κ3) is 5.96. The number of aliphatic imine (C=N–C) groups is 1. The molecule has 2 aliphatic rings. The van der Waals surface area contributed by atoms with E-state index >= 15 is 0 Å². The third-order valence-electron chi connectivity index (χ3n) is 8.31. The summed E-state index contributed by atoms with van der Waals surface area (Å²) in [6.07, 6.45) is 15.4. The molecule has 38 heavy (non-hydrogen) atoms. The number of nitrogens with one attached hydrogen (secondary N) is 1. The molecule has 0 saturated heterocycles. The zero-order chi connectivity index (χ0) is 26.3. The zero-order valence-corrected chi connectivity index (χ0v) is 24.0. The minimum atomic E-state index is -0.445. The molecule has 1 heterocycles. The predicted octanol–water partition coefficient (Wildman–Crippen LogP) is 9.42. The van der Waals surface area contributed by atoms with Crippen molar-refractivity contribution in [3.05, 3.63) is 72.4 Å². The average Bonchev–Trinajstić information content (AvgIpc) is 3.39. The van der Waals surface area contributed by atoms with E-state index in [-0.39, 0.29) is 0 Å². The van der Waals surface area contributed by atoms with E-state index in [0.717, 1.165) is 39.5 Å². The van der Waals surface area contributed by atoms with Crippen LogP contribution in [0.15, 0.2) is 77.4 Å². The van der Waals surface area contributed by atoms with Gasteiger partial charge in [0.1, 0.15) is 11.4 Å². The van der Waals surface area contributed by atoms with Gasteiger partial charge in [-0.15, -0.1) is 0 Å². The van der Waals surface area contributed by atoms with Crippen molar-refractivity contribution < 1.29 is 0 Å². The second kappa shape index (κ2) is 12.9. The Balaban J connectivity index is 1.72. The second-order valence-electron chi connectivity index (χ2n) is 11.2. The predicted molar refractivity (Wildman–Crippen MR) is 164 cm³/mol. The molecule has 2 saturated carbocycles. The summed E-state index contributed by atoms with van der Waals surface area (Å²) in [5.41, 5.74) is 15.5. The van der Waals surface area contributed by atoms with Gasteiger partial charge in [-0.2, -0.15) is 5.10 Å². The van der Waals surface area contributed by atoms with Crippen LogP contribution in [0, 0.1) is 5.92 Å². The Hall–Kier alpha value is -2.71. The van der Waals surface area contributed by atoms with Crippen LogP contribution < -0.4 is 5.73 Å². The quantitative estimate of drug-likeness (QED) is 0.227. The van der Waals surface area contributed by atoms with Gasteiger partial charge in [0.25, 0.3) is 0 Å². The highest BCUT2D eigenvalue weighted by atomic mass is 31.1. The van der Waals surface area contributed by atoms with Gasteiger partial charge in [-0.05, 0) is 62.6 Å². The van der Waals surface area contributed by atoms with Crippen LogP contribution in [0.5, 0.6) is 0 Å². The summed E-state index contributed by atoms with van der Waals surface area (Å²) in [5, 5.41) is 8.23. The van der Waals surface area contributed by atoms with Gasteiger partial charge in [0, 0.05) is 11.1 Å². The lowest BCUT2D eigenvalue weighted by molar-refractivity contribution is 0.487. The summed E-state index contributed by atoms with van der Waals surface area (Å²) < 4.78 is 0. The van der Waals surface area contributed by atoms with E-state index in [1.165, 1.54) is 75.2 Å². The Morgan fingerprint density at radius 1 is 0.842 bits per heavy atom. The van der Waals surface area contributed by atoms with Gasteiger partial charge in [0.05, 0.1) is 11.1 Å². The number of H-pyrrole nitrogens is 1. The lowest BCUT2D eigenvalue weighted by Gasteiger charge is -2.40. The fourth-order valence-corrected chi connectivity index (χ4v) is 10.3. The summed E-state index contributed by atoms with van der Waals surface area (Å²) in [6.45, 7) is 4.55. The van der Waals surface area contributed by atoms with Crippen LogP contribution in [0.3, 0.4) is 0 Å². The number of nitrogens with two attached hydrogens (primary N) is 1. The maximum absolute atomic E-state index is 6.44. The van der Waals surface area contributed by atoms with Crippen molar-refractivity contribution in [2.75, 3.05) is 0 Å². The molecule has 5 rings (SSSR count). The highest BCUT2D eigenvalue weighted by Gasteiger charge is 2.37. The lowest BCUT2D eigenvalue weighted by atomic mass is 9.99. The standard InChI is InChI=1S/C33H43N4P/c1-24(2)29(23-34)33(38(27-19-11-5-12-20-27)28-21-13-6-14-22-28)35-32-30(25-15-7-3-8-16-25)36-37-31(32)26-17-9-4-10-18-26/h3-4,7-10,15-18,23-24,27-28H,5-6,11-14,19-22,34H2,1-2H3,(H,36,37)/b29-23-,35-33?. The van der Waals surface area contributed by atoms with E-state index in [1.54, 1.807) is 0 Å². The van der Waals surface area contributed by atoms with Gasteiger partial charge in [-0.25, -0.2) is 4.99 Å². The molecular formula is C33H43N4P. The average molecular weight is 527 g/mol. The molecule has 2 aromatic carbocycles. The van der Waals surface area contributed by atoms with Crippen molar-refractivity contribution in [1.82, 2.24) is 10.2 Å². The number of hydrogen-bond donors (Lipinski definition) is 2. The van der Waals surface area contributed by atoms with Gasteiger partial charge in [0.2, 0.25) is 0 Å². The molecular weight excluding hydrogens is 483 g/mol. The first-order chi connectivity index (χ1) is 18.7. The van der Waals surface area contributed by atoms with E-state index in [1.807, 2.05) is 6.20 Å². The molecule has 5 heteroatoms. The van der Waals surface area contributed by atoms with Crippen LogP contribution in [0.25, 0.3) is 22.5 Å². The minimum absolute atomic E-state index is 0.322. The molecule has 4 nitrogen and oxygen atoms in total. The van der Waals surface area contributed by atoms with Crippen LogP contribution in [0.1, 0.15) is 78.1 Å². The van der Waals surface area contributed by atoms with Crippen molar-refractivity contribution >= 4 is 19.1 Å². The molecule has 200 valence electrons. The maximum atomic E-state index is 6.44. The van der Waals surface area contributed by atoms with Crippen molar-refractivity contribution in [3.63, 3.8) is 0 Å². The van der Waals surface area contributed by atoms with Crippen molar-refractivity contribution in [1.29, 1.82) is 0 Å². The lowest BCUT2D eigenvalue weighted by Crippen LogP contribution is -2.26. The zero-order valence-electron chi connectivity index (χ0n) is 23.1. The summed E-state index contributed by atoms with van der Waals surface area (Å²) in [6, 6.07) is 21.0. The topological polar surface area (TPSA) is 67.1 Å². The van der Waals surface area contributed by atoms with E-state index in [4.69, 9.17) is 15.8 Å². The number of allylic oxidation sites excluding steroid dienone is 1. The van der Waals surface area contributed by atoms with Gasteiger partial charge < -0.3 is 5.73 Å². The molecule has 0 spiro atoms. The minimum Gasteiger partial charge on any atom is -0.404 e. The van der Waals surface area contributed by atoms with Gasteiger partial charge in [-0.3, -0.25) is 5.10 Å². The Kier molecular flexibility index (Phi) is 9.12. The smallest absolute Gasteiger partial charge is 0.118 e. The fraction of sp³-hybridized carbons (Fsp3) is 0.455. The van der Waals surface area contributed by atoms with E-state index in [9.17, 15) is 0 Å². The maximum Gasteiger partial charge on any atom is 0.118 e. The molecule has 3 aromatic rings. The SMILES string of the molecule is CC(C)/C(=C/N)C(=Nc1c(-c2ccccc2)n[nH]c1-c1ccccc1)P(C1CCCCC1)C1CCCCC1. The van der Waals surface area contributed by atoms with E-state index in [0.29, 0.717) is 5.92 Å². The van der Waals surface area contributed by atoms with Crippen molar-refractivity contribution in [2.24, 2.45) is 16.6 Å². The summed E-state index contributed by atoms with van der Waals surface area (Å²) >= 11 is 0.